The molecule has 90 valence electrons. The first-order valence-electron chi connectivity index (χ1n) is 6.68. The Labute approximate surface area is 94.8 Å². The quantitative estimate of drug-likeness (QED) is 0.669. The second-order valence-electron chi connectivity index (χ2n) is 4.64. The summed E-state index contributed by atoms with van der Waals surface area (Å²) in [6.07, 6.45) is 8.54. The van der Waals surface area contributed by atoms with Gasteiger partial charge in [-0.25, -0.2) is 0 Å². The van der Waals surface area contributed by atoms with Crippen LogP contribution >= 0.6 is 0 Å². The largest absolute Gasteiger partial charge is 0.380 e. The summed E-state index contributed by atoms with van der Waals surface area (Å²) in [7, 11) is 0. The Bertz CT molecular complexity index is 143. The number of nitrogens with one attached hydrogen (secondary N) is 1. The number of ether oxygens (including phenoxy) is 1. The van der Waals surface area contributed by atoms with E-state index >= 15 is 0 Å². The third kappa shape index (κ3) is 5.53. The highest BCUT2D eigenvalue weighted by Crippen LogP contribution is 2.28. The third-order valence-corrected chi connectivity index (χ3v) is 3.41. The van der Waals surface area contributed by atoms with Crippen molar-refractivity contribution in [1.82, 2.24) is 5.32 Å². The van der Waals surface area contributed by atoms with Gasteiger partial charge in [0, 0.05) is 12.6 Å². The maximum absolute atomic E-state index is 5.50. The zero-order chi connectivity index (χ0) is 10.9. The van der Waals surface area contributed by atoms with Crippen molar-refractivity contribution in [2.75, 3.05) is 19.8 Å². The molecule has 1 rings (SSSR count). The van der Waals surface area contributed by atoms with Gasteiger partial charge in [-0.15, -0.1) is 0 Å². The summed E-state index contributed by atoms with van der Waals surface area (Å²) in [6, 6.07) is 0.579. The first kappa shape index (κ1) is 13.0. The van der Waals surface area contributed by atoms with E-state index in [0.717, 1.165) is 25.7 Å². The fourth-order valence-corrected chi connectivity index (χ4v) is 2.53. The molecule has 0 aromatic carbocycles. The molecular weight excluding hydrogens is 186 g/mol. The van der Waals surface area contributed by atoms with Crippen molar-refractivity contribution in [3.8, 4) is 0 Å². The fourth-order valence-electron chi connectivity index (χ4n) is 2.53. The van der Waals surface area contributed by atoms with Crippen LogP contribution in [0, 0.1) is 5.92 Å². The lowest BCUT2D eigenvalue weighted by Gasteiger charge is -2.19. The second kappa shape index (κ2) is 8.12. The highest BCUT2D eigenvalue weighted by Gasteiger charge is 2.16. The summed E-state index contributed by atoms with van der Waals surface area (Å²) in [5.74, 6) is 1.01. The molecule has 1 N–H and O–H groups in total. The molecule has 0 amide bonds. The minimum atomic E-state index is 0.579. The topological polar surface area (TPSA) is 21.3 Å². The monoisotopic (exact) mass is 213 g/mol. The van der Waals surface area contributed by atoms with Crippen molar-refractivity contribution in [3.05, 3.63) is 0 Å². The normalized spacial score (nSPS) is 19.6. The van der Waals surface area contributed by atoms with Gasteiger partial charge in [-0.05, 0) is 32.2 Å². The van der Waals surface area contributed by atoms with E-state index in [9.17, 15) is 0 Å². The molecule has 0 bridgehead atoms. The molecule has 0 aromatic heterocycles. The molecule has 1 atom stereocenters. The van der Waals surface area contributed by atoms with Crippen LogP contribution in [0.1, 0.15) is 52.4 Å². The lowest BCUT2D eigenvalue weighted by Crippen LogP contribution is -2.33. The highest BCUT2D eigenvalue weighted by atomic mass is 16.5. The van der Waals surface area contributed by atoms with Crippen LogP contribution in [-0.4, -0.2) is 25.8 Å². The van der Waals surface area contributed by atoms with Crippen LogP contribution in [0.2, 0.25) is 0 Å². The fraction of sp³-hybridized carbons (Fsp3) is 1.00. The lowest BCUT2D eigenvalue weighted by molar-refractivity contribution is 0.118. The molecule has 1 fully saturated rings. The summed E-state index contributed by atoms with van der Waals surface area (Å²) >= 11 is 0. The number of likely N-dealkylation sites (N-methyl/N-ethyl adjacent to an activating group) is 1. The molecule has 15 heavy (non-hydrogen) atoms. The average Bonchev–Trinajstić information content (AvgIpc) is 2.75. The summed E-state index contributed by atoms with van der Waals surface area (Å²) in [4.78, 5) is 0. The molecule has 1 aliphatic rings. The van der Waals surface area contributed by atoms with Gasteiger partial charge in [0.15, 0.2) is 0 Å². The standard InChI is InChI=1S/C13H27NO/c1-3-14-13(11-15-4-2)10-9-12-7-5-6-8-12/h12-14H,3-11H2,1-2H3. The van der Waals surface area contributed by atoms with Gasteiger partial charge >= 0.3 is 0 Å². The first-order valence-corrected chi connectivity index (χ1v) is 6.68. The van der Waals surface area contributed by atoms with Gasteiger partial charge in [-0.3, -0.25) is 0 Å². The molecule has 0 saturated heterocycles. The Balaban J connectivity index is 2.11. The average molecular weight is 213 g/mol. The molecule has 1 saturated carbocycles. The van der Waals surface area contributed by atoms with Gasteiger partial charge in [-0.1, -0.05) is 32.6 Å². The van der Waals surface area contributed by atoms with E-state index in [1.165, 1.54) is 38.5 Å². The van der Waals surface area contributed by atoms with Gasteiger partial charge in [0.1, 0.15) is 0 Å². The first-order chi connectivity index (χ1) is 7.36. The van der Waals surface area contributed by atoms with Crippen LogP contribution in [0.3, 0.4) is 0 Å². The Kier molecular flexibility index (Phi) is 7.03. The highest BCUT2D eigenvalue weighted by molar-refractivity contribution is 4.72. The zero-order valence-corrected chi connectivity index (χ0v) is 10.4. The molecule has 2 heteroatoms. The number of hydrogen-bond acceptors (Lipinski definition) is 2. The Morgan fingerprint density at radius 2 is 2.00 bits per heavy atom. The Morgan fingerprint density at radius 3 is 2.60 bits per heavy atom. The van der Waals surface area contributed by atoms with Gasteiger partial charge in [0.05, 0.1) is 6.61 Å². The summed E-state index contributed by atoms with van der Waals surface area (Å²) in [5.41, 5.74) is 0. The van der Waals surface area contributed by atoms with E-state index in [0.29, 0.717) is 6.04 Å². The van der Waals surface area contributed by atoms with Crippen LogP contribution < -0.4 is 5.32 Å². The van der Waals surface area contributed by atoms with Crippen LogP contribution in [0.5, 0.6) is 0 Å². The summed E-state index contributed by atoms with van der Waals surface area (Å²) < 4.78 is 5.50. The molecule has 1 aliphatic carbocycles. The molecule has 0 heterocycles. The van der Waals surface area contributed by atoms with Crippen LogP contribution in [0.25, 0.3) is 0 Å². The van der Waals surface area contributed by atoms with Gasteiger partial charge in [-0.2, -0.15) is 0 Å². The maximum Gasteiger partial charge on any atom is 0.0619 e. The lowest BCUT2D eigenvalue weighted by atomic mass is 9.99. The van der Waals surface area contributed by atoms with E-state index in [1.54, 1.807) is 0 Å². The van der Waals surface area contributed by atoms with Crippen LogP contribution in [0.4, 0.5) is 0 Å². The minimum absolute atomic E-state index is 0.579. The molecule has 0 aromatic rings. The SMILES string of the molecule is CCNC(CCC1CCCC1)COCC. The van der Waals surface area contributed by atoms with Crippen molar-refractivity contribution in [3.63, 3.8) is 0 Å². The smallest absolute Gasteiger partial charge is 0.0619 e. The Morgan fingerprint density at radius 1 is 1.27 bits per heavy atom. The van der Waals surface area contributed by atoms with E-state index in [-0.39, 0.29) is 0 Å². The maximum atomic E-state index is 5.50. The minimum Gasteiger partial charge on any atom is -0.380 e. The molecule has 0 spiro atoms. The molecule has 0 radical (unpaired) electrons. The summed E-state index contributed by atoms with van der Waals surface area (Å²) in [6.45, 7) is 7.03. The zero-order valence-electron chi connectivity index (χ0n) is 10.4. The van der Waals surface area contributed by atoms with Crippen molar-refractivity contribution >= 4 is 0 Å². The van der Waals surface area contributed by atoms with Crippen LogP contribution in [0.15, 0.2) is 0 Å². The molecule has 2 nitrogen and oxygen atoms in total. The van der Waals surface area contributed by atoms with Crippen molar-refractivity contribution in [2.45, 2.75) is 58.4 Å². The van der Waals surface area contributed by atoms with E-state index in [2.05, 4.69) is 19.2 Å². The van der Waals surface area contributed by atoms with Crippen molar-refractivity contribution in [2.24, 2.45) is 5.92 Å². The van der Waals surface area contributed by atoms with Crippen molar-refractivity contribution in [1.29, 1.82) is 0 Å². The van der Waals surface area contributed by atoms with E-state index < -0.39 is 0 Å². The second-order valence-corrected chi connectivity index (χ2v) is 4.64. The molecule has 1 unspecified atom stereocenters. The molecule has 0 aliphatic heterocycles. The number of hydrogen-bond donors (Lipinski definition) is 1. The van der Waals surface area contributed by atoms with Crippen molar-refractivity contribution < 1.29 is 4.74 Å². The van der Waals surface area contributed by atoms with Gasteiger partial charge in [0.2, 0.25) is 0 Å². The van der Waals surface area contributed by atoms with Gasteiger partial charge < -0.3 is 10.1 Å². The summed E-state index contributed by atoms with van der Waals surface area (Å²) in [5, 5.41) is 3.52. The van der Waals surface area contributed by atoms with Gasteiger partial charge in [0.25, 0.3) is 0 Å². The molecular formula is C13H27NO. The van der Waals surface area contributed by atoms with Crippen LogP contribution in [-0.2, 0) is 4.74 Å². The Hall–Kier alpha value is -0.0800. The van der Waals surface area contributed by atoms with E-state index in [1.807, 2.05) is 0 Å². The number of rotatable bonds is 8. The predicted molar refractivity (Wildman–Crippen MR) is 65.1 cm³/mol. The predicted octanol–water partition coefficient (Wildman–Crippen LogP) is 2.97. The third-order valence-electron chi connectivity index (χ3n) is 3.41. The van der Waals surface area contributed by atoms with E-state index in [4.69, 9.17) is 4.74 Å².